The standard InChI is InChI=1S/C26H22F4N2O2S/c27-19-6-4-16(5-7-19)24-21-11-13-35-22(21)10-12-31(24)23(33)15-32(20-8-9-20)25(34)17-2-1-3-18(14-17)26(28,29)30/h1-7,11,13-14,20,24H,8-10,12,15H2. The van der Waals surface area contributed by atoms with Crippen LogP contribution in [-0.4, -0.2) is 40.7 Å². The topological polar surface area (TPSA) is 40.6 Å². The van der Waals surface area contributed by atoms with Crippen LogP contribution in [-0.2, 0) is 17.4 Å². The second-order valence-corrected chi connectivity index (χ2v) is 9.83. The van der Waals surface area contributed by atoms with E-state index in [1.54, 1.807) is 28.4 Å². The molecule has 1 unspecified atom stereocenters. The van der Waals surface area contributed by atoms with E-state index < -0.39 is 23.7 Å². The van der Waals surface area contributed by atoms with Crippen LogP contribution in [0.3, 0.4) is 0 Å². The number of nitrogens with zero attached hydrogens (tertiary/aromatic N) is 2. The van der Waals surface area contributed by atoms with Gasteiger partial charge in [0.25, 0.3) is 5.91 Å². The molecule has 5 rings (SSSR count). The van der Waals surface area contributed by atoms with Crippen LogP contribution in [0.5, 0.6) is 0 Å². The molecular formula is C26H22F4N2O2S. The molecule has 9 heteroatoms. The molecule has 1 aliphatic carbocycles. The summed E-state index contributed by atoms with van der Waals surface area (Å²) < 4.78 is 53.1. The van der Waals surface area contributed by atoms with Crippen LogP contribution in [0, 0.1) is 5.82 Å². The van der Waals surface area contributed by atoms with Crippen LogP contribution in [0.25, 0.3) is 0 Å². The summed E-state index contributed by atoms with van der Waals surface area (Å²) in [5, 5.41) is 1.96. The van der Waals surface area contributed by atoms with Crippen molar-refractivity contribution in [1.82, 2.24) is 9.80 Å². The summed E-state index contributed by atoms with van der Waals surface area (Å²) in [6.07, 6.45) is -2.49. The minimum absolute atomic E-state index is 0.0895. The number of fused-ring (bicyclic) bond motifs is 1. The minimum Gasteiger partial charge on any atom is -0.330 e. The molecule has 2 aromatic carbocycles. The van der Waals surface area contributed by atoms with E-state index in [1.165, 1.54) is 29.2 Å². The zero-order chi connectivity index (χ0) is 24.7. The smallest absolute Gasteiger partial charge is 0.330 e. The SMILES string of the molecule is O=C(c1cccc(C(F)(F)F)c1)N(CC(=O)N1CCc2sccc2C1c1ccc(F)cc1)C1CC1. The summed E-state index contributed by atoms with van der Waals surface area (Å²) >= 11 is 1.61. The Hall–Kier alpha value is -3.20. The van der Waals surface area contributed by atoms with E-state index in [2.05, 4.69) is 0 Å². The highest BCUT2D eigenvalue weighted by Gasteiger charge is 2.39. The van der Waals surface area contributed by atoms with Gasteiger partial charge in [-0.25, -0.2) is 4.39 Å². The van der Waals surface area contributed by atoms with Crippen LogP contribution < -0.4 is 0 Å². The molecule has 0 N–H and O–H groups in total. The van der Waals surface area contributed by atoms with Crippen LogP contribution >= 0.6 is 11.3 Å². The second kappa shape index (κ2) is 9.11. The van der Waals surface area contributed by atoms with Gasteiger partial charge in [0, 0.05) is 23.0 Å². The van der Waals surface area contributed by atoms with Crippen LogP contribution in [0.2, 0.25) is 0 Å². The largest absolute Gasteiger partial charge is 0.416 e. The summed E-state index contributed by atoms with van der Waals surface area (Å²) in [6.45, 7) is 0.210. The summed E-state index contributed by atoms with van der Waals surface area (Å²) in [5.74, 6) is -1.25. The van der Waals surface area contributed by atoms with Gasteiger partial charge in [-0.15, -0.1) is 11.3 Å². The van der Waals surface area contributed by atoms with E-state index in [1.807, 2.05) is 11.4 Å². The van der Waals surface area contributed by atoms with Crippen LogP contribution in [0.15, 0.2) is 60.0 Å². The fourth-order valence-electron chi connectivity index (χ4n) is 4.57. The molecule has 1 aromatic heterocycles. The lowest BCUT2D eigenvalue weighted by atomic mass is 9.93. The first-order valence-corrected chi connectivity index (χ1v) is 12.2. The number of alkyl halides is 3. The van der Waals surface area contributed by atoms with Gasteiger partial charge in [-0.1, -0.05) is 18.2 Å². The van der Waals surface area contributed by atoms with E-state index in [-0.39, 0.29) is 29.9 Å². The van der Waals surface area contributed by atoms with Crippen molar-refractivity contribution in [3.63, 3.8) is 0 Å². The molecule has 0 saturated heterocycles. The molecule has 182 valence electrons. The number of hydrogen-bond donors (Lipinski definition) is 0. The predicted octanol–water partition coefficient (Wildman–Crippen LogP) is 5.68. The van der Waals surface area contributed by atoms with Gasteiger partial charge in [0.2, 0.25) is 5.91 Å². The molecule has 1 saturated carbocycles. The van der Waals surface area contributed by atoms with Gasteiger partial charge in [0.05, 0.1) is 11.6 Å². The highest BCUT2D eigenvalue weighted by atomic mass is 32.1. The van der Waals surface area contributed by atoms with Gasteiger partial charge in [-0.3, -0.25) is 9.59 Å². The van der Waals surface area contributed by atoms with Gasteiger partial charge < -0.3 is 9.80 Å². The Morgan fingerprint density at radius 1 is 1.06 bits per heavy atom. The number of thiophene rings is 1. The van der Waals surface area contributed by atoms with E-state index in [0.717, 1.165) is 28.1 Å². The van der Waals surface area contributed by atoms with Crippen molar-refractivity contribution in [2.24, 2.45) is 0 Å². The molecule has 0 bridgehead atoms. The number of benzene rings is 2. The van der Waals surface area contributed by atoms with Crippen molar-refractivity contribution in [2.45, 2.75) is 37.5 Å². The first kappa shape index (κ1) is 23.5. The van der Waals surface area contributed by atoms with Gasteiger partial charge in [-0.05, 0) is 72.2 Å². The second-order valence-electron chi connectivity index (χ2n) is 8.83. The highest BCUT2D eigenvalue weighted by molar-refractivity contribution is 7.10. The molecule has 35 heavy (non-hydrogen) atoms. The van der Waals surface area contributed by atoms with Crippen molar-refractivity contribution >= 4 is 23.2 Å². The van der Waals surface area contributed by atoms with Crippen molar-refractivity contribution in [3.05, 3.63) is 92.9 Å². The fraction of sp³-hybridized carbons (Fsp3) is 0.308. The number of rotatable bonds is 5. The molecule has 2 amide bonds. The minimum atomic E-state index is -4.56. The predicted molar refractivity (Wildman–Crippen MR) is 123 cm³/mol. The molecular weight excluding hydrogens is 480 g/mol. The molecule has 1 fully saturated rings. The maximum absolute atomic E-state index is 13.6. The van der Waals surface area contributed by atoms with Gasteiger partial charge in [0.1, 0.15) is 12.4 Å². The fourth-order valence-corrected chi connectivity index (χ4v) is 5.48. The van der Waals surface area contributed by atoms with Gasteiger partial charge >= 0.3 is 6.18 Å². The van der Waals surface area contributed by atoms with Crippen LogP contribution in [0.4, 0.5) is 17.6 Å². The number of halogens is 4. The maximum Gasteiger partial charge on any atom is 0.416 e. The number of carbonyl (C=O) groups is 2. The summed E-state index contributed by atoms with van der Waals surface area (Å²) in [6, 6.07) is 11.7. The number of hydrogen-bond acceptors (Lipinski definition) is 3. The van der Waals surface area contributed by atoms with Crippen molar-refractivity contribution < 1.29 is 27.2 Å². The Morgan fingerprint density at radius 2 is 1.80 bits per heavy atom. The summed E-state index contributed by atoms with van der Waals surface area (Å²) in [5.41, 5.74) is 0.751. The molecule has 0 radical (unpaired) electrons. The Bertz CT molecular complexity index is 1250. The zero-order valence-electron chi connectivity index (χ0n) is 18.6. The third-order valence-electron chi connectivity index (χ3n) is 6.46. The molecule has 4 nitrogen and oxygen atoms in total. The van der Waals surface area contributed by atoms with Crippen LogP contribution in [0.1, 0.15) is 50.8 Å². The molecule has 1 aliphatic heterocycles. The van der Waals surface area contributed by atoms with Gasteiger partial charge in [-0.2, -0.15) is 13.2 Å². The highest BCUT2D eigenvalue weighted by Crippen LogP contribution is 2.38. The third kappa shape index (κ3) is 4.82. The average Bonchev–Trinajstić information content (AvgIpc) is 3.57. The Kier molecular flexibility index (Phi) is 6.13. The molecule has 1 atom stereocenters. The van der Waals surface area contributed by atoms with E-state index in [0.29, 0.717) is 25.8 Å². The normalized spacial score (nSPS) is 17.7. The quantitative estimate of drug-likeness (QED) is 0.421. The van der Waals surface area contributed by atoms with Crippen molar-refractivity contribution in [1.29, 1.82) is 0 Å². The molecule has 2 aliphatic rings. The first-order chi connectivity index (χ1) is 16.7. The van der Waals surface area contributed by atoms with Crippen molar-refractivity contribution in [3.8, 4) is 0 Å². The average molecular weight is 503 g/mol. The van der Waals surface area contributed by atoms with E-state index >= 15 is 0 Å². The Morgan fingerprint density at radius 3 is 2.49 bits per heavy atom. The lowest BCUT2D eigenvalue weighted by molar-refractivity contribution is -0.137. The number of amides is 2. The molecule has 0 spiro atoms. The molecule has 2 heterocycles. The first-order valence-electron chi connectivity index (χ1n) is 11.3. The lowest BCUT2D eigenvalue weighted by Gasteiger charge is -2.37. The Labute approximate surface area is 203 Å². The monoisotopic (exact) mass is 502 g/mol. The van der Waals surface area contributed by atoms with Gasteiger partial charge in [0.15, 0.2) is 0 Å². The lowest BCUT2D eigenvalue weighted by Crippen LogP contribution is -2.47. The molecule has 3 aromatic rings. The zero-order valence-corrected chi connectivity index (χ0v) is 19.4. The Balaban J connectivity index is 1.42. The van der Waals surface area contributed by atoms with Crippen molar-refractivity contribution in [2.75, 3.05) is 13.1 Å². The van der Waals surface area contributed by atoms with E-state index in [9.17, 15) is 27.2 Å². The summed E-state index contributed by atoms with van der Waals surface area (Å²) in [4.78, 5) is 31.0. The summed E-state index contributed by atoms with van der Waals surface area (Å²) in [7, 11) is 0. The number of carbonyl (C=O) groups excluding carboxylic acids is 2. The maximum atomic E-state index is 13.6. The van der Waals surface area contributed by atoms with E-state index in [4.69, 9.17) is 0 Å². The third-order valence-corrected chi connectivity index (χ3v) is 7.46.